The molecule has 1 aliphatic heterocycles. The molecule has 1 aromatic carbocycles. The van der Waals surface area contributed by atoms with E-state index in [0.29, 0.717) is 6.42 Å². The summed E-state index contributed by atoms with van der Waals surface area (Å²) in [6, 6.07) is 12.0. The number of amides is 1. The minimum absolute atomic E-state index is 0.0359. The van der Waals surface area contributed by atoms with Crippen LogP contribution in [0.25, 0.3) is 5.69 Å². The highest BCUT2D eigenvalue weighted by molar-refractivity contribution is 5.89. The molecule has 4 nitrogen and oxygen atoms in total. The van der Waals surface area contributed by atoms with Crippen LogP contribution in [-0.2, 0) is 4.79 Å². The average Bonchev–Trinajstić information content (AvgIpc) is 2.94. The van der Waals surface area contributed by atoms with Gasteiger partial charge in [-0.1, -0.05) is 12.1 Å². The molecule has 1 atom stereocenters. The van der Waals surface area contributed by atoms with Crippen molar-refractivity contribution in [2.45, 2.75) is 12.3 Å². The van der Waals surface area contributed by atoms with Gasteiger partial charge < -0.3 is 4.57 Å². The molecular formula is C14H13N3O. The molecule has 1 aliphatic rings. The highest BCUT2D eigenvalue weighted by atomic mass is 16.2. The normalized spacial score (nSPS) is 18.7. The van der Waals surface area contributed by atoms with Crippen LogP contribution in [0.3, 0.4) is 0 Å². The number of benzene rings is 1. The molecule has 18 heavy (non-hydrogen) atoms. The minimum atomic E-state index is -0.124. The lowest BCUT2D eigenvalue weighted by Gasteiger charge is -2.17. The van der Waals surface area contributed by atoms with Crippen LogP contribution in [0.1, 0.15) is 17.9 Å². The zero-order valence-electron chi connectivity index (χ0n) is 9.78. The van der Waals surface area contributed by atoms with E-state index < -0.39 is 0 Å². The molecular weight excluding hydrogens is 226 g/mol. The van der Waals surface area contributed by atoms with Gasteiger partial charge in [0.25, 0.3) is 0 Å². The van der Waals surface area contributed by atoms with Crippen molar-refractivity contribution in [2.24, 2.45) is 5.10 Å². The van der Waals surface area contributed by atoms with Crippen molar-refractivity contribution in [2.75, 3.05) is 0 Å². The maximum atomic E-state index is 11.7. The van der Waals surface area contributed by atoms with Crippen LogP contribution in [-0.4, -0.2) is 16.7 Å². The van der Waals surface area contributed by atoms with Crippen LogP contribution in [0, 0.1) is 0 Å². The van der Waals surface area contributed by atoms with Gasteiger partial charge in [0.05, 0.1) is 5.92 Å². The molecule has 1 unspecified atom stereocenters. The fourth-order valence-electron chi connectivity index (χ4n) is 2.13. The molecule has 2 aromatic rings. The summed E-state index contributed by atoms with van der Waals surface area (Å²) in [7, 11) is 0. The first-order valence-electron chi connectivity index (χ1n) is 5.89. The number of nitrogens with zero attached hydrogens (tertiary/aromatic N) is 2. The van der Waals surface area contributed by atoms with E-state index in [-0.39, 0.29) is 11.8 Å². The molecule has 0 spiro atoms. The minimum Gasteiger partial charge on any atom is -0.324 e. The molecule has 1 N–H and O–H groups in total. The largest absolute Gasteiger partial charge is 0.324 e. The molecule has 0 saturated carbocycles. The van der Waals surface area contributed by atoms with Crippen LogP contribution in [0.2, 0.25) is 0 Å². The lowest BCUT2D eigenvalue weighted by Crippen LogP contribution is -2.29. The van der Waals surface area contributed by atoms with Gasteiger partial charge in [0.15, 0.2) is 0 Å². The number of aromatic nitrogens is 1. The number of carbonyl (C=O) groups excluding carboxylic acids is 1. The molecule has 0 radical (unpaired) electrons. The number of nitrogens with one attached hydrogen (secondary N) is 1. The molecule has 0 bridgehead atoms. The van der Waals surface area contributed by atoms with Gasteiger partial charge in [0.2, 0.25) is 5.91 Å². The Labute approximate surface area is 105 Å². The van der Waals surface area contributed by atoms with Crippen LogP contribution in [0.15, 0.2) is 53.9 Å². The van der Waals surface area contributed by atoms with E-state index in [0.717, 1.165) is 11.3 Å². The second-order valence-corrected chi connectivity index (χ2v) is 4.26. The highest BCUT2D eigenvalue weighted by Gasteiger charge is 2.21. The monoisotopic (exact) mass is 239 g/mol. The van der Waals surface area contributed by atoms with Gasteiger partial charge in [-0.2, -0.15) is 5.10 Å². The Balaban J connectivity index is 1.87. The molecule has 90 valence electrons. The van der Waals surface area contributed by atoms with E-state index in [4.69, 9.17) is 0 Å². The molecule has 4 heteroatoms. The van der Waals surface area contributed by atoms with Crippen molar-refractivity contribution in [3.8, 4) is 5.69 Å². The van der Waals surface area contributed by atoms with Crippen molar-refractivity contribution < 1.29 is 4.79 Å². The van der Waals surface area contributed by atoms with Crippen LogP contribution in [0.4, 0.5) is 0 Å². The van der Waals surface area contributed by atoms with Gasteiger partial charge in [0.1, 0.15) is 0 Å². The number of carbonyl (C=O) groups is 1. The summed E-state index contributed by atoms with van der Waals surface area (Å²) >= 11 is 0. The van der Waals surface area contributed by atoms with Crippen LogP contribution < -0.4 is 5.43 Å². The van der Waals surface area contributed by atoms with Crippen molar-refractivity contribution in [1.29, 1.82) is 0 Å². The third-order valence-corrected chi connectivity index (χ3v) is 3.12. The molecule has 0 aliphatic carbocycles. The molecule has 0 fully saturated rings. The smallest absolute Gasteiger partial charge is 0.247 e. The Bertz CT molecular complexity index is 570. The van der Waals surface area contributed by atoms with E-state index in [1.807, 2.05) is 53.4 Å². The Morgan fingerprint density at radius 1 is 1.17 bits per heavy atom. The first-order chi connectivity index (χ1) is 8.84. The third kappa shape index (κ3) is 1.93. The van der Waals surface area contributed by atoms with Gasteiger partial charge in [-0.25, -0.2) is 5.43 Å². The van der Waals surface area contributed by atoms with E-state index in [1.54, 1.807) is 6.21 Å². The molecule has 1 aromatic heterocycles. The lowest BCUT2D eigenvalue weighted by molar-refractivity contribution is -0.122. The Kier molecular flexibility index (Phi) is 2.68. The van der Waals surface area contributed by atoms with E-state index in [9.17, 15) is 4.79 Å². The third-order valence-electron chi connectivity index (χ3n) is 3.12. The van der Waals surface area contributed by atoms with Crippen molar-refractivity contribution in [3.05, 3.63) is 54.4 Å². The quantitative estimate of drug-likeness (QED) is 0.856. The second-order valence-electron chi connectivity index (χ2n) is 4.26. The number of rotatable bonds is 2. The summed E-state index contributed by atoms with van der Waals surface area (Å²) in [6.07, 6.45) is 6.39. The van der Waals surface area contributed by atoms with Crippen molar-refractivity contribution in [3.63, 3.8) is 0 Å². The summed E-state index contributed by atoms with van der Waals surface area (Å²) in [6.45, 7) is 0. The fourth-order valence-corrected chi connectivity index (χ4v) is 2.13. The molecule has 0 saturated heterocycles. The number of hydrogen-bond donors (Lipinski definition) is 1. The van der Waals surface area contributed by atoms with Gasteiger partial charge in [-0.15, -0.1) is 0 Å². The maximum absolute atomic E-state index is 11.7. The Hall–Kier alpha value is -2.36. The van der Waals surface area contributed by atoms with E-state index >= 15 is 0 Å². The number of hydrazone groups is 1. The second kappa shape index (κ2) is 4.49. The topological polar surface area (TPSA) is 46.4 Å². The highest BCUT2D eigenvalue weighted by Crippen LogP contribution is 2.22. The molecule has 3 rings (SSSR count). The molecule has 1 amide bonds. The zero-order chi connectivity index (χ0) is 12.4. The standard InChI is InChI=1S/C14H13N3O/c18-14-13(7-8-15-16-14)11-3-5-12(6-4-11)17-9-1-2-10-17/h1-6,8-10,13H,7H2,(H,16,18). The van der Waals surface area contributed by atoms with Gasteiger partial charge in [0, 0.05) is 30.7 Å². The van der Waals surface area contributed by atoms with Crippen molar-refractivity contribution in [1.82, 2.24) is 9.99 Å². The van der Waals surface area contributed by atoms with Crippen LogP contribution in [0.5, 0.6) is 0 Å². The summed E-state index contributed by atoms with van der Waals surface area (Å²) in [4.78, 5) is 11.7. The SMILES string of the molecule is O=C1NN=CCC1c1ccc(-n2cccc2)cc1. The van der Waals surface area contributed by atoms with E-state index in [1.165, 1.54) is 0 Å². The first kappa shape index (κ1) is 10.8. The molecule has 2 heterocycles. The summed E-state index contributed by atoms with van der Waals surface area (Å²) in [5.74, 6) is -0.160. The fraction of sp³-hybridized carbons (Fsp3) is 0.143. The Morgan fingerprint density at radius 3 is 2.56 bits per heavy atom. The van der Waals surface area contributed by atoms with Gasteiger partial charge in [-0.05, 0) is 29.8 Å². The van der Waals surface area contributed by atoms with Gasteiger partial charge >= 0.3 is 0 Å². The lowest BCUT2D eigenvalue weighted by atomic mass is 9.94. The average molecular weight is 239 g/mol. The zero-order valence-corrected chi connectivity index (χ0v) is 9.78. The maximum Gasteiger partial charge on any atom is 0.247 e. The summed E-state index contributed by atoms with van der Waals surface area (Å²) in [5.41, 5.74) is 4.61. The number of hydrogen-bond acceptors (Lipinski definition) is 2. The predicted molar refractivity (Wildman–Crippen MR) is 69.8 cm³/mol. The van der Waals surface area contributed by atoms with Gasteiger partial charge in [-0.3, -0.25) is 4.79 Å². The predicted octanol–water partition coefficient (Wildman–Crippen LogP) is 2.07. The van der Waals surface area contributed by atoms with Crippen molar-refractivity contribution >= 4 is 12.1 Å². The Morgan fingerprint density at radius 2 is 1.89 bits per heavy atom. The van der Waals surface area contributed by atoms with Crippen LogP contribution >= 0.6 is 0 Å². The van der Waals surface area contributed by atoms with E-state index in [2.05, 4.69) is 10.5 Å². The first-order valence-corrected chi connectivity index (χ1v) is 5.89. The summed E-state index contributed by atoms with van der Waals surface area (Å²) < 4.78 is 2.03. The summed E-state index contributed by atoms with van der Waals surface area (Å²) in [5, 5.41) is 3.76.